The summed E-state index contributed by atoms with van der Waals surface area (Å²) in [6, 6.07) is 6.82. The highest BCUT2D eigenvalue weighted by atomic mass is 16.3. The van der Waals surface area contributed by atoms with Crippen LogP contribution in [0.15, 0.2) is 24.3 Å². The molecule has 0 spiro atoms. The van der Waals surface area contributed by atoms with E-state index in [1.165, 1.54) is 0 Å². The minimum Gasteiger partial charge on any atom is -0.392 e. The van der Waals surface area contributed by atoms with Crippen LogP contribution in [0.5, 0.6) is 0 Å². The Morgan fingerprint density at radius 2 is 1.36 bits per heavy atom. The molecule has 1 aromatic carbocycles. The summed E-state index contributed by atoms with van der Waals surface area (Å²) in [4.78, 5) is 0. The Morgan fingerprint density at radius 1 is 0.786 bits per heavy atom. The van der Waals surface area contributed by atoms with E-state index in [1.54, 1.807) is 20.8 Å². The first-order valence-corrected chi connectivity index (χ1v) is 10.1. The van der Waals surface area contributed by atoms with Crippen molar-refractivity contribution >= 4 is 0 Å². The number of benzene rings is 1. The molecule has 0 aliphatic heterocycles. The Labute approximate surface area is 169 Å². The molecule has 0 amide bonds. The van der Waals surface area contributed by atoms with Gasteiger partial charge in [0.15, 0.2) is 0 Å². The van der Waals surface area contributed by atoms with Crippen molar-refractivity contribution < 1.29 is 20.4 Å². The van der Waals surface area contributed by atoms with Crippen LogP contribution < -0.4 is 16.0 Å². The average Bonchev–Trinajstić information content (AvgIpc) is 2.59. The van der Waals surface area contributed by atoms with Crippen molar-refractivity contribution in [3.8, 4) is 0 Å². The molecule has 0 aliphatic rings. The molecule has 0 aromatic heterocycles. The second-order valence-electron chi connectivity index (χ2n) is 8.16. The molecule has 0 bridgehead atoms. The summed E-state index contributed by atoms with van der Waals surface area (Å²) in [6.45, 7) is 11.0. The van der Waals surface area contributed by atoms with Crippen LogP contribution in [0, 0.1) is 12.8 Å². The van der Waals surface area contributed by atoms with Crippen LogP contribution in [0.25, 0.3) is 0 Å². The maximum Gasteiger partial charge on any atom is 0.121 e. The molecule has 0 aliphatic carbocycles. The lowest BCUT2D eigenvalue weighted by Gasteiger charge is -2.35. The quantitative estimate of drug-likeness (QED) is 0.256. The van der Waals surface area contributed by atoms with Crippen molar-refractivity contribution in [1.29, 1.82) is 0 Å². The van der Waals surface area contributed by atoms with Gasteiger partial charge in [0.25, 0.3) is 0 Å². The van der Waals surface area contributed by atoms with Crippen LogP contribution in [0.3, 0.4) is 0 Å². The SMILES string of the molecule is Cc1ccc(C[C@H](N[C@@H](C)O)[C@H](O)N[C@H](C(C)C)[C@@H](O)N[C@@H](C)[C@@H](C)O)cc1. The highest BCUT2D eigenvalue weighted by Gasteiger charge is 2.30. The fourth-order valence-corrected chi connectivity index (χ4v) is 3.02. The van der Waals surface area contributed by atoms with Crippen LogP contribution in [0.2, 0.25) is 0 Å². The second-order valence-corrected chi connectivity index (χ2v) is 8.16. The first-order chi connectivity index (χ1) is 13.0. The van der Waals surface area contributed by atoms with Gasteiger partial charge in [0.05, 0.1) is 18.2 Å². The largest absolute Gasteiger partial charge is 0.392 e. The third-order valence-corrected chi connectivity index (χ3v) is 4.99. The standard InChI is InChI=1S/C21H39N3O4/c1-12(2)19(21(28)22-14(4)15(5)25)24-20(27)18(23-16(6)26)11-17-9-7-13(3)8-10-17/h7-10,12,14-16,18-28H,11H2,1-6H3/t14-,15+,16+,18-,19+,20-,21+/m0/s1. The van der Waals surface area contributed by atoms with Crippen molar-refractivity contribution in [1.82, 2.24) is 16.0 Å². The summed E-state index contributed by atoms with van der Waals surface area (Å²) < 4.78 is 0. The number of hydrogen-bond acceptors (Lipinski definition) is 7. The van der Waals surface area contributed by atoms with Crippen LogP contribution in [0.1, 0.15) is 45.7 Å². The zero-order valence-corrected chi connectivity index (χ0v) is 17.9. The van der Waals surface area contributed by atoms with Gasteiger partial charge in [0.1, 0.15) is 18.7 Å². The number of rotatable bonds is 12. The summed E-state index contributed by atoms with van der Waals surface area (Å²) in [5.41, 5.74) is 2.19. The lowest BCUT2D eigenvalue weighted by atomic mass is 9.99. The molecule has 0 saturated carbocycles. The summed E-state index contributed by atoms with van der Waals surface area (Å²) >= 11 is 0. The van der Waals surface area contributed by atoms with Crippen LogP contribution in [-0.2, 0) is 6.42 Å². The molecule has 0 radical (unpaired) electrons. The van der Waals surface area contributed by atoms with E-state index >= 15 is 0 Å². The van der Waals surface area contributed by atoms with Gasteiger partial charge in [-0.2, -0.15) is 0 Å². The van der Waals surface area contributed by atoms with Crippen LogP contribution in [-0.4, -0.2) is 63.3 Å². The number of nitrogens with one attached hydrogen (secondary N) is 3. The molecule has 162 valence electrons. The third-order valence-electron chi connectivity index (χ3n) is 4.99. The number of aryl methyl sites for hydroxylation is 1. The summed E-state index contributed by atoms with van der Waals surface area (Å²) in [6.07, 6.45) is -2.84. The Hall–Kier alpha value is -1.06. The normalized spacial score (nSPS) is 19.7. The van der Waals surface area contributed by atoms with E-state index in [0.29, 0.717) is 6.42 Å². The Morgan fingerprint density at radius 3 is 1.82 bits per heavy atom. The Bertz CT molecular complexity index is 551. The van der Waals surface area contributed by atoms with Gasteiger partial charge in [-0.1, -0.05) is 43.7 Å². The zero-order valence-electron chi connectivity index (χ0n) is 17.9. The molecule has 7 heteroatoms. The van der Waals surface area contributed by atoms with Gasteiger partial charge in [-0.05, 0) is 45.6 Å². The van der Waals surface area contributed by atoms with Gasteiger partial charge in [0, 0.05) is 6.04 Å². The summed E-state index contributed by atoms with van der Waals surface area (Å²) in [5.74, 6) is 0.0184. The maximum absolute atomic E-state index is 10.8. The maximum atomic E-state index is 10.8. The summed E-state index contributed by atoms with van der Waals surface area (Å²) in [7, 11) is 0. The van der Waals surface area contributed by atoms with Gasteiger partial charge >= 0.3 is 0 Å². The fourth-order valence-electron chi connectivity index (χ4n) is 3.02. The molecule has 7 N–H and O–H groups in total. The monoisotopic (exact) mass is 397 g/mol. The number of hydrogen-bond donors (Lipinski definition) is 7. The van der Waals surface area contributed by atoms with Crippen molar-refractivity contribution in [3.05, 3.63) is 35.4 Å². The minimum absolute atomic E-state index is 0.0184. The molecule has 0 unspecified atom stereocenters. The second kappa shape index (κ2) is 11.8. The van der Waals surface area contributed by atoms with E-state index in [2.05, 4.69) is 16.0 Å². The van der Waals surface area contributed by atoms with Gasteiger partial charge in [-0.25, -0.2) is 0 Å². The molecule has 7 atom stereocenters. The van der Waals surface area contributed by atoms with E-state index in [0.717, 1.165) is 11.1 Å². The lowest BCUT2D eigenvalue weighted by Crippen LogP contribution is -2.61. The van der Waals surface area contributed by atoms with E-state index in [-0.39, 0.29) is 12.0 Å². The van der Waals surface area contributed by atoms with Gasteiger partial charge in [-0.15, -0.1) is 0 Å². The Balaban J connectivity index is 2.86. The molecule has 7 nitrogen and oxygen atoms in total. The number of aliphatic hydroxyl groups is 4. The van der Waals surface area contributed by atoms with E-state index in [9.17, 15) is 20.4 Å². The molecule has 1 aromatic rings. The average molecular weight is 398 g/mol. The van der Waals surface area contributed by atoms with Gasteiger partial charge in [0.2, 0.25) is 0 Å². The smallest absolute Gasteiger partial charge is 0.121 e. The van der Waals surface area contributed by atoms with Crippen LogP contribution >= 0.6 is 0 Å². The molecular weight excluding hydrogens is 358 g/mol. The zero-order chi connectivity index (χ0) is 21.4. The van der Waals surface area contributed by atoms with Crippen molar-refractivity contribution in [2.45, 2.75) is 90.9 Å². The summed E-state index contributed by atoms with van der Waals surface area (Å²) in [5, 5.41) is 49.9. The van der Waals surface area contributed by atoms with Crippen molar-refractivity contribution in [2.75, 3.05) is 0 Å². The molecule has 0 fully saturated rings. The van der Waals surface area contributed by atoms with Gasteiger partial charge < -0.3 is 20.4 Å². The van der Waals surface area contributed by atoms with Gasteiger partial charge in [-0.3, -0.25) is 16.0 Å². The van der Waals surface area contributed by atoms with Crippen LogP contribution in [0.4, 0.5) is 0 Å². The Kier molecular flexibility index (Phi) is 10.5. The molecule has 0 saturated heterocycles. The minimum atomic E-state index is -0.999. The van der Waals surface area contributed by atoms with Crippen molar-refractivity contribution in [2.24, 2.45) is 5.92 Å². The first kappa shape index (κ1) is 25.0. The highest BCUT2D eigenvalue weighted by Crippen LogP contribution is 2.12. The van der Waals surface area contributed by atoms with E-state index in [4.69, 9.17) is 0 Å². The molecular formula is C21H39N3O4. The molecule has 28 heavy (non-hydrogen) atoms. The lowest BCUT2D eigenvalue weighted by molar-refractivity contribution is -0.00564. The molecule has 1 rings (SSSR count). The predicted molar refractivity (Wildman–Crippen MR) is 112 cm³/mol. The predicted octanol–water partition coefficient (Wildman–Crippen LogP) is 0.444. The van der Waals surface area contributed by atoms with E-state index < -0.39 is 36.9 Å². The fraction of sp³-hybridized carbons (Fsp3) is 0.714. The molecule has 0 heterocycles. The van der Waals surface area contributed by atoms with Crippen molar-refractivity contribution in [3.63, 3.8) is 0 Å². The topological polar surface area (TPSA) is 117 Å². The third kappa shape index (κ3) is 8.53. The van der Waals surface area contributed by atoms with E-state index in [1.807, 2.05) is 45.0 Å². The number of aliphatic hydroxyl groups excluding tert-OH is 4. The first-order valence-electron chi connectivity index (χ1n) is 10.1. The highest BCUT2D eigenvalue weighted by molar-refractivity contribution is 5.22.